The maximum absolute atomic E-state index is 5.18. The maximum Gasteiger partial charge on any atom is 0.160 e. The van der Waals surface area contributed by atoms with Crippen LogP contribution in [0.4, 0.5) is 0 Å². The van der Waals surface area contributed by atoms with Crippen LogP contribution in [0.2, 0.25) is 0 Å². The second-order valence-corrected chi connectivity index (χ2v) is 12.8. The molecule has 0 fully saturated rings. The van der Waals surface area contributed by atoms with Gasteiger partial charge >= 0.3 is 0 Å². The van der Waals surface area contributed by atoms with Crippen molar-refractivity contribution in [2.24, 2.45) is 0 Å². The monoisotopic (exact) mass is 617 g/mol. The first-order valence-electron chi connectivity index (χ1n) is 17.0. The molecule has 3 nitrogen and oxygen atoms in total. The number of benzene rings is 5. The maximum atomic E-state index is 5.18. The summed E-state index contributed by atoms with van der Waals surface area (Å²) in [6, 6.07) is 43.6. The molecule has 7 aromatic rings. The third-order valence-corrected chi connectivity index (χ3v) is 9.83. The molecule has 0 N–H and O–H groups in total. The van der Waals surface area contributed by atoms with Crippen LogP contribution in [-0.2, 0) is 0 Å². The van der Waals surface area contributed by atoms with Gasteiger partial charge in [-0.15, -0.1) is 0 Å². The summed E-state index contributed by atoms with van der Waals surface area (Å²) in [4.78, 5) is 10.3. The zero-order valence-corrected chi connectivity index (χ0v) is 26.8. The van der Waals surface area contributed by atoms with Crippen molar-refractivity contribution in [1.82, 2.24) is 14.5 Å². The summed E-state index contributed by atoms with van der Waals surface area (Å²) < 4.78 is 2.51. The summed E-state index contributed by atoms with van der Waals surface area (Å²) in [6.45, 7) is 0. The lowest BCUT2D eigenvalue weighted by atomic mass is 9.90. The summed E-state index contributed by atoms with van der Waals surface area (Å²) in [6.07, 6.45) is 18.2. The van der Waals surface area contributed by atoms with Crippen LogP contribution < -0.4 is 0 Å². The molecule has 0 spiro atoms. The second kappa shape index (κ2) is 12.1. The third kappa shape index (κ3) is 5.00. The number of aromatic nitrogens is 3. The van der Waals surface area contributed by atoms with E-state index < -0.39 is 0 Å². The Morgan fingerprint density at radius 1 is 0.542 bits per heavy atom. The van der Waals surface area contributed by atoms with Gasteiger partial charge < -0.3 is 4.57 Å². The highest BCUT2D eigenvalue weighted by Gasteiger charge is 2.20. The first kappa shape index (κ1) is 28.4. The Bertz CT molecular complexity index is 2400. The van der Waals surface area contributed by atoms with Crippen molar-refractivity contribution in [3.05, 3.63) is 169 Å². The summed E-state index contributed by atoms with van der Waals surface area (Å²) in [7, 11) is 0. The van der Waals surface area contributed by atoms with E-state index in [-0.39, 0.29) is 6.04 Å². The molecule has 1 unspecified atom stereocenters. The van der Waals surface area contributed by atoms with Crippen molar-refractivity contribution in [3.8, 4) is 22.6 Å². The van der Waals surface area contributed by atoms with E-state index in [1.807, 2.05) is 6.07 Å². The van der Waals surface area contributed by atoms with Crippen molar-refractivity contribution in [2.75, 3.05) is 0 Å². The van der Waals surface area contributed by atoms with Crippen molar-refractivity contribution < 1.29 is 0 Å². The smallest absolute Gasteiger partial charge is 0.160 e. The zero-order valence-electron chi connectivity index (χ0n) is 26.8. The number of allylic oxidation sites excluding steroid dienone is 8. The van der Waals surface area contributed by atoms with Crippen LogP contribution in [0.3, 0.4) is 0 Å². The fourth-order valence-corrected chi connectivity index (χ4v) is 7.50. The van der Waals surface area contributed by atoms with Gasteiger partial charge in [0.15, 0.2) is 5.82 Å². The zero-order chi connectivity index (χ0) is 31.9. The van der Waals surface area contributed by atoms with E-state index in [2.05, 4.69) is 156 Å². The Hall–Kier alpha value is -5.80. The quantitative estimate of drug-likeness (QED) is 0.192. The molecule has 2 aliphatic rings. The number of hydrogen-bond donors (Lipinski definition) is 0. The van der Waals surface area contributed by atoms with E-state index in [0.717, 1.165) is 47.6 Å². The van der Waals surface area contributed by atoms with Crippen LogP contribution in [0.15, 0.2) is 158 Å². The molecule has 48 heavy (non-hydrogen) atoms. The number of nitrogens with zero attached hydrogens (tertiary/aromatic N) is 3. The fraction of sp³-hybridized carbons (Fsp3) is 0.111. The van der Waals surface area contributed by atoms with E-state index >= 15 is 0 Å². The van der Waals surface area contributed by atoms with Gasteiger partial charge in [0.25, 0.3) is 0 Å². The predicted octanol–water partition coefficient (Wildman–Crippen LogP) is 11.8. The molecule has 230 valence electrons. The fourth-order valence-electron chi connectivity index (χ4n) is 7.50. The van der Waals surface area contributed by atoms with Gasteiger partial charge in [0.1, 0.15) is 0 Å². The molecule has 0 bridgehead atoms. The molecule has 9 rings (SSSR count). The number of para-hydroxylation sites is 2. The molecule has 0 aliphatic heterocycles. The molecular weight excluding hydrogens is 583 g/mol. The molecular formula is C45H35N3. The Morgan fingerprint density at radius 3 is 1.92 bits per heavy atom. The molecule has 2 heterocycles. The lowest BCUT2D eigenvalue weighted by molar-refractivity contribution is 0.649. The van der Waals surface area contributed by atoms with Crippen molar-refractivity contribution in [1.29, 1.82) is 0 Å². The minimum atomic E-state index is 0.257. The number of rotatable bonds is 5. The van der Waals surface area contributed by atoms with Gasteiger partial charge in [0.2, 0.25) is 0 Å². The number of fused-ring (bicyclic) bond motifs is 4. The topological polar surface area (TPSA) is 30.7 Å². The Balaban J connectivity index is 1.12. The van der Waals surface area contributed by atoms with Gasteiger partial charge in [0, 0.05) is 32.9 Å². The van der Waals surface area contributed by atoms with Gasteiger partial charge in [-0.3, -0.25) is 0 Å². The van der Waals surface area contributed by atoms with E-state index in [0.29, 0.717) is 0 Å². The van der Waals surface area contributed by atoms with Gasteiger partial charge in [-0.05, 0) is 71.4 Å². The average Bonchev–Trinajstić information content (AvgIpc) is 3.27. The van der Waals surface area contributed by atoms with Crippen LogP contribution in [0, 0.1) is 0 Å². The first-order valence-corrected chi connectivity index (χ1v) is 17.0. The molecule has 2 aromatic heterocycles. The standard InChI is InChI=1S/C45H35N3/c1-2-5-15-32(14-4-1)41-30-42(47-45(46-41)33-16-6-3-7-17-33)38-29-28-35(36-18-8-9-19-37(36)38)31-24-26-34(27-25-31)48-43-22-12-10-20-39(43)40-21-11-13-23-44(40)48/h3-4,6-26,28-30,34H,1-2,5,27H2. The van der Waals surface area contributed by atoms with Crippen molar-refractivity contribution in [3.63, 3.8) is 0 Å². The highest BCUT2D eigenvalue weighted by atomic mass is 15.0. The summed E-state index contributed by atoms with van der Waals surface area (Å²) in [5, 5.41) is 5.05. The number of hydrogen-bond acceptors (Lipinski definition) is 2. The molecule has 3 heteroatoms. The van der Waals surface area contributed by atoms with Gasteiger partial charge in [-0.25, -0.2) is 9.97 Å². The van der Waals surface area contributed by atoms with Gasteiger partial charge in [-0.1, -0.05) is 140 Å². The van der Waals surface area contributed by atoms with E-state index in [9.17, 15) is 0 Å². The molecule has 0 radical (unpaired) electrons. The Morgan fingerprint density at radius 2 is 1.19 bits per heavy atom. The lowest BCUT2D eigenvalue weighted by Gasteiger charge is -2.21. The molecule has 0 saturated carbocycles. The second-order valence-electron chi connectivity index (χ2n) is 12.8. The minimum absolute atomic E-state index is 0.257. The van der Waals surface area contributed by atoms with Crippen molar-refractivity contribution >= 4 is 43.7 Å². The van der Waals surface area contributed by atoms with Crippen LogP contribution in [0.25, 0.3) is 66.4 Å². The Labute approximate surface area is 280 Å². The van der Waals surface area contributed by atoms with Crippen LogP contribution >= 0.6 is 0 Å². The SMILES string of the molecule is C1=CC(c2cc(-c3ccc(C4=CCC(n5c6ccccc6c6ccccc65)C=C4)c4ccccc34)nc(-c3ccccc3)n2)=CCCC1. The molecule has 1 atom stereocenters. The molecule has 0 saturated heterocycles. The van der Waals surface area contributed by atoms with Gasteiger partial charge in [-0.2, -0.15) is 0 Å². The summed E-state index contributed by atoms with van der Waals surface area (Å²) in [5.74, 6) is 0.754. The highest BCUT2D eigenvalue weighted by molar-refractivity contribution is 6.08. The third-order valence-electron chi connectivity index (χ3n) is 9.83. The first-order chi connectivity index (χ1) is 23.8. The van der Waals surface area contributed by atoms with E-state index in [1.54, 1.807) is 0 Å². The summed E-state index contributed by atoms with van der Waals surface area (Å²) >= 11 is 0. The predicted molar refractivity (Wildman–Crippen MR) is 202 cm³/mol. The molecule has 0 amide bonds. The van der Waals surface area contributed by atoms with Crippen LogP contribution in [-0.4, -0.2) is 14.5 Å². The lowest BCUT2D eigenvalue weighted by Crippen LogP contribution is -2.08. The van der Waals surface area contributed by atoms with E-state index in [4.69, 9.17) is 9.97 Å². The average molecular weight is 618 g/mol. The summed E-state index contributed by atoms with van der Waals surface area (Å²) in [5.41, 5.74) is 10.3. The highest BCUT2D eigenvalue weighted by Crippen LogP contribution is 2.39. The molecule has 2 aliphatic carbocycles. The van der Waals surface area contributed by atoms with Crippen LogP contribution in [0.1, 0.15) is 43.0 Å². The van der Waals surface area contributed by atoms with Gasteiger partial charge in [0.05, 0.1) is 17.4 Å². The van der Waals surface area contributed by atoms with Crippen LogP contribution in [0.5, 0.6) is 0 Å². The van der Waals surface area contributed by atoms with Crippen molar-refractivity contribution in [2.45, 2.75) is 31.7 Å². The largest absolute Gasteiger partial charge is 0.333 e. The minimum Gasteiger partial charge on any atom is -0.333 e. The Kier molecular flexibility index (Phi) is 7.16. The van der Waals surface area contributed by atoms with E-state index in [1.165, 1.54) is 55.7 Å². The molecule has 5 aromatic carbocycles. The normalized spacial score (nSPS) is 16.3.